The van der Waals surface area contributed by atoms with Crippen molar-refractivity contribution in [1.82, 2.24) is 5.32 Å². The molecular weight excluding hydrogens is 272 g/mol. The molecule has 1 rings (SSSR count). The van der Waals surface area contributed by atoms with E-state index < -0.39 is 0 Å². The van der Waals surface area contributed by atoms with E-state index in [0.29, 0.717) is 11.4 Å². The zero-order valence-corrected chi connectivity index (χ0v) is 11.1. The molecule has 0 heterocycles. The van der Waals surface area contributed by atoms with E-state index in [4.69, 9.17) is 4.74 Å². The smallest absolute Gasteiger partial charge is 0.241 e. The van der Waals surface area contributed by atoms with Crippen molar-refractivity contribution in [2.75, 3.05) is 19.5 Å². The Balaban J connectivity index is 2.81. The Kier molecular flexibility index (Phi) is 4.76. The van der Waals surface area contributed by atoms with Crippen molar-refractivity contribution in [2.45, 2.75) is 13.0 Å². The molecule has 0 saturated heterocycles. The standard InChI is InChI=1S/C11H15BrN2O2/c1-7(13-2)11(15)14-9-4-8(12)5-10(6-9)16-3/h4-7,13H,1-3H3,(H,14,15). The summed E-state index contributed by atoms with van der Waals surface area (Å²) in [5, 5.41) is 5.67. The molecule has 2 N–H and O–H groups in total. The fraction of sp³-hybridized carbons (Fsp3) is 0.364. The fourth-order valence-corrected chi connectivity index (χ4v) is 1.61. The van der Waals surface area contributed by atoms with Crippen molar-refractivity contribution >= 4 is 27.5 Å². The van der Waals surface area contributed by atoms with Crippen LogP contribution in [0, 0.1) is 0 Å². The highest BCUT2D eigenvalue weighted by atomic mass is 79.9. The van der Waals surface area contributed by atoms with Gasteiger partial charge in [0.1, 0.15) is 5.75 Å². The van der Waals surface area contributed by atoms with Gasteiger partial charge in [-0.3, -0.25) is 4.79 Å². The van der Waals surface area contributed by atoms with Crippen molar-refractivity contribution in [1.29, 1.82) is 0 Å². The molecule has 0 bridgehead atoms. The van der Waals surface area contributed by atoms with Gasteiger partial charge in [-0.2, -0.15) is 0 Å². The van der Waals surface area contributed by atoms with Gasteiger partial charge in [0.05, 0.1) is 13.2 Å². The zero-order valence-electron chi connectivity index (χ0n) is 9.50. The van der Waals surface area contributed by atoms with E-state index in [1.165, 1.54) is 0 Å². The van der Waals surface area contributed by atoms with Crippen LogP contribution < -0.4 is 15.4 Å². The van der Waals surface area contributed by atoms with E-state index in [-0.39, 0.29) is 11.9 Å². The van der Waals surface area contributed by atoms with E-state index in [9.17, 15) is 4.79 Å². The summed E-state index contributed by atoms with van der Waals surface area (Å²) in [5.74, 6) is 0.615. The average Bonchev–Trinajstić information content (AvgIpc) is 2.26. The van der Waals surface area contributed by atoms with Crippen molar-refractivity contribution in [3.8, 4) is 5.75 Å². The molecule has 1 aromatic carbocycles. The predicted molar refractivity (Wildman–Crippen MR) is 67.8 cm³/mol. The van der Waals surface area contributed by atoms with E-state index in [1.807, 2.05) is 12.1 Å². The Hall–Kier alpha value is -1.07. The molecule has 0 spiro atoms. The summed E-state index contributed by atoms with van der Waals surface area (Å²) in [6, 6.07) is 5.19. The molecule has 1 unspecified atom stereocenters. The number of benzene rings is 1. The first-order valence-corrected chi connectivity index (χ1v) is 5.69. The van der Waals surface area contributed by atoms with Crippen LogP contribution in [0.1, 0.15) is 6.92 Å². The molecule has 4 nitrogen and oxygen atoms in total. The number of halogens is 1. The van der Waals surface area contributed by atoms with Crippen molar-refractivity contribution < 1.29 is 9.53 Å². The number of likely N-dealkylation sites (N-methyl/N-ethyl adjacent to an activating group) is 1. The highest BCUT2D eigenvalue weighted by molar-refractivity contribution is 9.10. The molecule has 1 atom stereocenters. The second-order valence-corrected chi connectivity index (χ2v) is 4.30. The van der Waals surface area contributed by atoms with Crippen LogP contribution in [0.25, 0.3) is 0 Å². The van der Waals surface area contributed by atoms with Gasteiger partial charge in [0.15, 0.2) is 0 Å². The number of hydrogen-bond donors (Lipinski definition) is 2. The maximum absolute atomic E-state index is 11.6. The first-order chi connectivity index (χ1) is 7.56. The lowest BCUT2D eigenvalue weighted by atomic mass is 10.2. The molecular formula is C11H15BrN2O2. The van der Waals surface area contributed by atoms with Gasteiger partial charge in [-0.25, -0.2) is 0 Å². The van der Waals surface area contributed by atoms with E-state index in [0.717, 1.165) is 4.47 Å². The van der Waals surface area contributed by atoms with Crippen molar-refractivity contribution in [2.24, 2.45) is 0 Å². The van der Waals surface area contributed by atoms with Crippen LogP contribution in [0.3, 0.4) is 0 Å². The number of carbonyl (C=O) groups excluding carboxylic acids is 1. The normalized spacial score (nSPS) is 12.0. The Morgan fingerprint density at radius 2 is 2.12 bits per heavy atom. The number of rotatable bonds is 4. The lowest BCUT2D eigenvalue weighted by Gasteiger charge is -2.12. The lowest BCUT2D eigenvalue weighted by molar-refractivity contribution is -0.117. The van der Waals surface area contributed by atoms with Gasteiger partial charge in [0.2, 0.25) is 5.91 Å². The van der Waals surface area contributed by atoms with Gasteiger partial charge in [-0.05, 0) is 26.1 Å². The number of carbonyl (C=O) groups is 1. The third-order valence-corrected chi connectivity index (χ3v) is 2.66. The van der Waals surface area contributed by atoms with Crippen LogP contribution in [0.2, 0.25) is 0 Å². The monoisotopic (exact) mass is 286 g/mol. The van der Waals surface area contributed by atoms with Crippen LogP contribution >= 0.6 is 15.9 Å². The van der Waals surface area contributed by atoms with Gasteiger partial charge in [0, 0.05) is 16.2 Å². The maximum Gasteiger partial charge on any atom is 0.241 e. The van der Waals surface area contributed by atoms with Crippen LogP contribution in [0.4, 0.5) is 5.69 Å². The van der Waals surface area contributed by atoms with Gasteiger partial charge < -0.3 is 15.4 Å². The number of methoxy groups -OCH3 is 1. The third kappa shape index (κ3) is 3.50. The van der Waals surface area contributed by atoms with Crippen LogP contribution in [-0.2, 0) is 4.79 Å². The van der Waals surface area contributed by atoms with Crippen LogP contribution in [0.15, 0.2) is 22.7 Å². The molecule has 0 aliphatic heterocycles. The first kappa shape index (κ1) is 13.0. The minimum Gasteiger partial charge on any atom is -0.497 e. The highest BCUT2D eigenvalue weighted by Crippen LogP contribution is 2.24. The van der Waals surface area contributed by atoms with Crippen LogP contribution in [0.5, 0.6) is 5.75 Å². The average molecular weight is 287 g/mol. The molecule has 16 heavy (non-hydrogen) atoms. The lowest BCUT2D eigenvalue weighted by Crippen LogP contribution is -2.35. The Bertz CT molecular complexity index is 382. The summed E-state index contributed by atoms with van der Waals surface area (Å²) in [5.41, 5.74) is 0.707. The summed E-state index contributed by atoms with van der Waals surface area (Å²) in [6.45, 7) is 1.80. The molecule has 1 amide bonds. The highest BCUT2D eigenvalue weighted by Gasteiger charge is 2.10. The van der Waals surface area contributed by atoms with E-state index in [2.05, 4.69) is 26.6 Å². The number of amides is 1. The van der Waals surface area contributed by atoms with Crippen molar-refractivity contribution in [3.05, 3.63) is 22.7 Å². The summed E-state index contributed by atoms with van der Waals surface area (Å²) < 4.78 is 5.97. The fourth-order valence-electron chi connectivity index (χ4n) is 1.13. The molecule has 0 aliphatic carbocycles. The Morgan fingerprint density at radius 1 is 1.44 bits per heavy atom. The SMILES string of the molecule is CNC(C)C(=O)Nc1cc(Br)cc(OC)c1. The number of anilines is 1. The molecule has 88 valence electrons. The summed E-state index contributed by atoms with van der Waals surface area (Å²) >= 11 is 3.35. The molecule has 0 radical (unpaired) electrons. The van der Waals surface area contributed by atoms with Crippen molar-refractivity contribution in [3.63, 3.8) is 0 Å². The largest absolute Gasteiger partial charge is 0.497 e. The molecule has 0 saturated carbocycles. The second-order valence-electron chi connectivity index (χ2n) is 3.38. The van der Waals surface area contributed by atoms with E-state index in [1.54, 1.807) is 27.1 Å². The number of nitrogens with one attached hydrogen (secondary N) is 2. The summed E-state index contributed by atoms with van der Waals surface area (Å²) in [4.78, 5) is 11.6. The van der Waals surface area contributed by atoms with Gasteiger partial charge in [0.25, 0.3) is 0 Å². The quantitative estimate of drug-likeness (QED) is 0.890. The topological polar surface area (TPSA) is 50.4 Å². The Labute approximate surface area is 103 Å². The molecule has 1 aromatic rings. The Morgan fingerprint density at radius 3 is 2.69 bits per heavy atom. The van der Waals surface area contributed by atoms with Gasteiger partial charge in [-0.15, -0.1) is 0 Å². The molecule has 0 fully saturated rings. The first-order valence-electron chi connectivity index (χ1n) is 4.89. The number of hydrogen-bond acceptors (Lipinski definition) is 3. The third-order valence-electron chi connectivity index (χ3n) is 2.20. The zero-order chi connectivity index (χ0) is 12.1. The minimum absolute atomic E-state index is 0.0809. The summed E-state index contributed by atoms with van der Waals surface area (Å²) in [7, 11) is 3.33. The predicted octanol–water partition coefficient (Wildman–Crippen LogP) is 2.00. The maximum atomic E-state index is 11.6. The molecule has 0 aromatic heterocycles. The van der Waals surface area contributed by atoms with Gasteiger partial charge in [-0.1, -0.05) is 15.9 Å². The van der Waals surface area contributed by atoms with Crippen LogP contribution in [-0.4, -0.2) is 26.1 Å². The molecule has 5 heteroatoms. The molecule has 0 aliphatic rings. The minimum atomic E-state index is -0.232. The number of ether oxygens (including phenoxy) is 1. The van der Waals surface area contributed by atoms with E-state index >= 15 is 0 Å². The summed E-state index contributed by atoms with van der Waals surface area (Å²) in [6.07, 6.45) is 0. The second kappa shape index (κ2) is 5.86. The van der Waals surface area contributed by atoms with Gasteiger partial charge >= 0.3 is 0 Å².